The highest BCUT2D eigenvalue weighted by molar-refractivity contribution is 7.80. The average Bonchev–Trinajstić information content (AvgIpc) is 2.28. The third-order valence-corrected chi connectivity index (χ3v) is 3.54. The van der Waals surface area contributed by atoms with Crippen LogP contribution in [0.15, 0.2) is 30.0 Å². The number of carboxylic acid groups (broad SMARTS) is 1. The zero-order valence-corrected chi connectivity index (χ0v) is 12.8. The van der Waals surface area contributed by atoms with Gasteiger partial charge in [0.15, 0.2) is 5.11 Å². The van der Waals surface area contributed by atoms with Crippen LogP contribution in [0.25, 0.3) is 0 Å². The van der Waals surface area contributed by atoms with Crippen molar-refractivity contribution >= 4 is 29.0 Å². The van der Waals surface area contributed by atoms with Crippen molar-refractivity contribution in [3.05, 3.63) is 41.1 Å². The summed E-state index contributed by atoms with van der Waals surface area (Å²) in [5.41, 5.74) is 2.82. The van der Waals surface area contributed by atoms with Crippen LogP contribution in [0.1, 0.15) is 36.7 Å². The number of rotatable bonds is 2. The van der Waals surface area contributed by atoms with E-state index in [1.54, 1.807) is 18.2 Å². The van der Waals surface area contributed by atoms with Gasteiger partial charge in [0, 0.05) is 5.70 Å². The molecule has 0 atom stereocenters. The van der Waals surface area contributed by atoms with Crippen molar-refractivity contribution in [3.8, 4) is 0 Å². The second-order valence-electron chi connectivity index (χ2n) is 5.58. The van der Waals surface area contributed by atoms with E-state index in [4.69, 9.17) is 17.3 Å². The molecule has 0 amide bonds. The van der Waals surface area contributed by atoms with Crippen LogP contribution in [-0.4, -0.2) is 21.7 Å². The molecule has 0 radical (unpaired) electrons. The lowest BCUT2D eigenvalue weighted by Gasteiger charge is -2.38. The van der Waals surface area contributed by atoms with Crippen molar-refractivity contribution in [1.82, 2.24) is 5.32 Å². The van der Waals surface area contributed by atoms with Crippen molar-refractivity contribution in [2.45, 2.75) is 33.2 Å². The lowest BCUT2D eigenvalue weighted by molar-refractivity contribution is 0.0697. The highest BCUT2D eigenvalue weighted by Crippen LogP contribution is 2.29. The number of thiocarbonyl (C=S) groups is 1. The van der Waals surface area contributed by atoms with Gasteiger partial charge in [0.1, 0.15) is 0 Å². The van der Waals surface area contributed by atoms with Gasteiger partial charge in [0.2, 0.25) is 0 Å². The Balaban J connectivity index is 2.53. The molecule has 0 saturated heterocycles. The molecule has 106 valence electrons. The number of allylic oxidation sites excluding steroid dienone is 1. The molecular formula is C15H18N2O2S. The number of aryl methyl sites for hydroxylation is 1. The normalized spacial score (nSPS) is 17.5. The van der Waals surface area contributed by atoms with Crippen LogP contribution in [0.2, 0.25) is 0 Å². The van der Waals surface area contributed by atoms with Crippen LogP contribution < -0.4 is 10.2 Å². The number of nitrogens with one attached hydrogen (secondary N) is 1. The zero-order chi connectivity index (χ0) is 15.1. The predicted molar refractivity (Wildman–Crippen MR) is 84.2 cm³/mol. The summed E-state index contributed by atoms with van der Waals surface area (Å²) in [7, 11) is 0. The Morgan fingerprint density at radius 2 is 2.00 bits per heavy atom. The summed E-state index contributed by atoms with van der Waals surface area (Å²) < 4.78 is 0. The van der Waals surface area contributed by atoms with E-state index >= 15 is 0 Å². The van der Waals surface area contributed by atoms with E-state index in [-0.39, 0.29) is 11.1 Å². The zero-order valence-electron chi connectivity index (χ0n) is 12.0. The molecule has 1 aliphatic heterocycles. The molecule has 2 N–H and O–H groups in total. The van der Waals surface area contributed by atoms with E-state index in [0.717, 1.165) is 16.9 Å². The fraction of sp³-hybridized carbons (Fsp3) is 0.333. The van der Waals surface area contributed by atoms with Gasteiger partial charge in [-0.1, -0.05) is 6.07 Å². The minimum Gasteiger partial charge on any atom is -0.478 e. The summed E-state index contributed by atoms with van der Waals surface area (Å²) in [5, 5.41) is 13.0. The predicted octanol–water partition coefficient (Wildman–Crippen LogP) is 3.07. The third-order valence-electron chi connectivity index (χ3n) is 3.25. The standard InChI is InChI=1S/C15H18N2O2S/c1-9-5-6-11(13(18)19)7-12(9)17-10(2)8-15(3,4)16-14(17)20/h5-8H,1-4H3,(H,16,20)(H,18,19). The Morgan fingerprint density at radius 3 is 2.55 bits per heavy atom. The number of hydrogen-bond acceptors (Lipinski definition) is 2. The van der Waals surface area contributed by atoms with Crippen LogP contribution in [0.5, 0.6) is 0 Å². The highest BCUT2D eigenvalue weighted by Gasteiger charge is 2.28. The Bertz CT molecular complexity index is 620. The number of nitrogens with zero attached hydrogens (tertiary/aromatic N) is 1. The molecule has 0 saturated carbocycles. The minimum atomic E-state index is -0.941. The van der Waals surface area contributed by atoms with Crippen LogP contribution in [0, 0.1) is 6.92 Å². The van der Waals surface area contributed by atoms with Crippen molar-refractivity contribution in [3.63, 3.8) is 0 Å². The number of hydrogen-bond donors (Lipinski definition) is 2. The van der Waals surface area contributed by atoms with Crippen molar-refractivity contribution in [2.75, 3.05) is 4.90 Å². The molecule has 5 heteroatoms. The molecule has 1 aromatic rings. The third kappa shape index (κ3) is 2.67. The van der Waals surface area contributed by atoms with Crippen LogP contribution in [0.3, 0.4) is 0 Å². The number of carboxylic acids is 1. The van der Waals surface area contributed by atoms with E-state index in [0.29, 0.717) is 5.11 Å². The Hall–Kier alpha value is -1.88. The molecule has 0 aromatic heterocycles. The molecule has 4 nitrogen and oxygen atoms in total. The van der Waals surface area contributed by atoms with Crippen molar-refractivity contribution in [1.29, 1.82) is 0 Å². The van der Waals surface area contributed by atoms with Gasteiger partial charge in [0.05, 0.1) is 16.8 Å². The van der Waals surface area contributed by atoms with Gasteiger partial charge in [-0.05, 0) is 63.7 Å². The van der Waals surface area contributed by atoms with Crippen LogP contribution >= 0.6 is 12.2 Å². The molecule has 0 aliphatic carbocycles. The van der Waals surface area contributed by atoms with E-state index in [1.807, 2.05) is 32.6 Å². The van der Waals surface area contributed by atoms with Gasteiger partial charge in [-0.25, -0.2) is 4.79 Å². The molecule has 20 heavy (non-hydrogen) atoms. The second kappa shape index (κ2) is 4.90. The summed E-state index contributed by atoms with van der Waals surface area (Å²) in [5.74, 6) is -0.941. The summed E-state index contributed by atoms with van der Waals surface area (Å²) in [6, 6.07) is 5.06. The SMILES string of the molecule is CC1=CC(C)(C)NC(=S)N1c1cc(C(=O)O)ccc1C. The minimum absolute atomic E-state index is 0.198. The van der Waals surface area contributed by atoms with Gasteiger partial charge in [-0.15, -0.1) is 0 Å². The average molecular weight is 290 g/mol. The monoisotopic (exact) mass is 290 g/mol. The molecular weight excluding hydrogens is 272 g/mol. The topological polar surface area (TPSA) is 52.6 Å². The maximum absolute atomic E-state index is 11.1. The fourth-order valence-electron chi connectivity index (χ4n) is 2.40. The van der Waals surface area contributed by atoms with E-state index in [2.05, 4.69) is 11.4 Å². The smallest absolute Gasteiger partial charge is 0.335 e. The molecule has 2 rings (SSSR count). The lowest BCUT2D eigenvalue weighted by Crippen LogP contribution is -2.53. The molecule has 1 aromatic carbocycles. The van der Waals surface area contributed by atoms with Crippen molar-refractivity contribution in [2.24, 2.45) is 0 Å². The number of benzene rings is 1. The van der Waals surface area contributed by atoms with Gasteiger partial charge in [0.25, 0.3) is 0 Å². The largest absolute Gasteiger partial charge is 0.478 e. The Morgan fingerprint density at radius 1 is 1.35 bits per heavy atom. The summed E-state index contributed by atoms with van der Waals surface area (Å²) in [6.45, 7) is 8.00. The van der Waals surface area contributed by atoms with Gasteiger partial charge < -0.3 is 10.4 Å². The van der Waals surface area contributed by atoms with E-state index in [9.17, 15) is 4.79 Å². The first-order valence-corrected chi connectivity index (χ1v) is 6.78. The number of aromatic carboxylic acids is 1. The Kier molecular flexibility index (Phi) is 3.56. The fourth-order valence-corrected chi connectivity index (χ4v) is 2.90. The van der Waals surface area contributed by atoms with Gasteiger partial charge in [-0.3, -0.25) is 4.90 Å². The number of carbonyl (C=O) groups is 1. The molecule has 1 heterocycles. The Labute approximate surface area is 124 Å². The molecule has 0 fully saturated rings. The second-order valence-corrected chi connectivity index (χ2v) is 5.97. The molecule has 0 spiro atoms. The quantitative estimate of drug-likeness (QED) is 0.820. The first-order valence-electron chi connectivity index (χ1n) is 6.37. The summed E-state index contributed by atoms with van der Waals surface area (Å²) in [6.07, 6.45) is 2.08. The molecule has 0 unspecified atom stereocenters. The first-order chi connectivity index (χ1) is 9.21. The van der Waals surface area contributed by atoms with Gasteiger partial charge >= 0.3 is 5.97 Å². The van der Waals surface area contributed by atoms with Gasteiger partial charge in [-0.2, -0.15) is 0 Å². The van der Waals surface area contributed by atoms with Crippen LogP contribution in [-0.2, 0) is 0 Å². The summed E-state index contributed by atoms with van der Waals surface area (Å²) >= 11 is 5.43. The van der Waals surface area contributed by atoms with Crippen LogP contribution in [0.4, 0.5) is 5.69 Å². The maximum Gasteiger partial charge on any atom is 0.335 e. The lowest BCUT2D eigenvalue weighted by atomic mass is 10.0. The first kappa shape index (κ1) is 14.5. The highest BCUT2D eigenvalue weighted by atomic mass is 32.1. The maximum atomic E-state index is 11.1. The van der Waals surface area contributed by atoms with E-state index < -0.39 is 5.97 Å². The summed E-state index contributed by atoms with van der Waals surface area (Å²) in [4.78, 5) is 13.0. The molecule has 1 aliphatic rings. The van der Waals surface area contributed by atoms with Crippen molar-refractivity contribution < 1.29 is 9.90 Å². The molecule has 0 bridgehead atoms. The number of anilines is 1. The van der Waals surface area contributed by atoms with E-state index in [1.165, 1.54) is 0 Å².